The number of nitrogens with one attached hydrogen (secondary N) is 1. The normalized spacial score (nSPS) is 17.1. The van der Waals surface area contributed by atoms with Crippen LogP contribution in [0.25, 0.3) is 0 Å². The number of anilines is 1. The highest BCUT2D eigenvalue weighted by Crippen LogP contribution is 2.23. The molecule has 1 aliphatic heterocycles. The van der Waals surface area contributed by atoms with Crippen LogP contribution in [-0.2, 0) is 4.74 Å². The van der Waals surface area contributed by atoms with Crippen molar-refractivity contribution in [2.45, 2.75) is 18.9 Å². The van der Waals surface area contributed by atoms with Crippen molar-refractivity contribution in [3.05, 3.63) is 24.0 Å². The molecule has 1 aromatic carbocycles. The van der Waals surface area contributed by atoms with E-state index in [2.05, 4.69) is 5.32 Å². The molecule has 0 spiro atoms. The maximum atomic E-state index is 13.5. The summed E-state index contributed by atoms with van der Waals surface area (Å²) in [4.78, 5) is 0. The summed E-state index contributed by atoms with van der Waals surface area (Å²) in [5.74, 6) is 0.420. The van der Waals surface area contributed by atoms with Crippen molar-refractivity contribution in [1.82, 2.24) is 0 Å². The van der Waals surface area contributed by atoms with Crippen molar-refractivity contribution in [1.29, 1.82) is 0 Å². The van der Waals surface area contributed by atoms with Gasteiger partial charge < -0.3 is 14.8 Å². The molecule has 0 aromatic heterocycles. The molecule has 3 nitrogen and oxygen atoms in total. The van der Waals surface area contributed by atoms with E-state index in [1.54, 1.807) is 19.2 Å². The van der Waals surface area contributed by atoms with Gasteiger partial charge in [0.1, 0.15) is 11.6 Å². The molecule has 1 aliphatic rings. The van der Waals surface area contributed by atoms with Gasteiger partial charge in [0.2, 0.25) is 0 Å². The molecule has 0 atom stereocenters. The molecule has 0 amide bonds. The highest BCUT2D eigenvalue weighted by molar-refractivity contribution is 5.50. The number of hydrogen-bond acceptors (Lipinski definition) is 3. The molecule has 0 aliphatic carbocycles. The van der Waals surface area contributed by atoms with Gasteiger partial charge in [0.05, 0.1) is 12.8 Å². The van der Waals surface area contributed by atoms with Crippen LogP contribution in [0.15, 0.2) is 18.2 Å². The molecular weight excluding hydrogens is 209 g/mol. The van der Waals surface area contributed by atoms with E-state index in [9.17, 15) is 4.39 Å². The minimum absolute atomic E-state index is 0.243. The Morgan fingerprint density at radius 3 is 2.81 bits per heavy atom. The Hall–Kier alpha value is -1.29. The monoisotopic (exact) mass is 225 g/mol. The predicted molar refractivity (Wildman–Crippen MR) is 60.4 cm³/mol. The fraction of sp³-hybridized carbons (Fsp3) is 0.500. The van der Waals surface area contributed by atoms with Gasteiger partial charge in [-0.05, 0) is 25.0 Å². The fourth-order valence-electron chi connectivity index (χ4n) is 1.80. The van der Waals surface area contributed by atoms with Crippen LogP contribution in [0.4, 0.5) is 10.1 Å². The van der Waals surface area contributed by atoms with E-state index in [1.165, 1.54) is 6.07 Å². The molecule has 2 rings (SSSR count). The third-order valence-electron chi connectivity index (χ3n) is 2.75. The molecule has 0 radical (unpaired) electrons. The van der Waals surface area contributed by atoms with Gasteiger partial charge in [0.15, 0.2) is 0 Å². The Kier molecular flexibility index (Phi) is 3.62. The van der Waals surface area contributed by atoms with Crippen molar-refractivity contribution in [2.24, 2.45) is 0 Å². The van der Waals surface area contributed by atoms with E-state index in [1.807, 2.05) is 0 Å². The summed E-state index contributed by atoms with van der Waals surface area (Å²) < 4.78 is 23.8. The molecule has 88 valence electrons. The summed E-state index contributed by atoms with van der Waals surface area (Å²) in [6.07, 6.45) is 1.83. The predicted octanol–water partition coefficient (Wildman–Crippen LogP) is 2.43. The number of rotatable bonds is 3. The molecule has 0 bridgehead atoms. The van der Waals surface area contributed by atoms with E-state index >= 15 is 0 Å². The van der Waals surface area contributed by atoms with E-state index in [-0.39, 0.29) is 11.9 Å². The van der Waals surface area contributed by atoms with E-state index in [0.717, 1.165) is 26.1 Å². The van der Waals surface area contributed by atoms with Crippen LogP contribution in [0.5, 0.6) is 5.75 Å². The van der Waals surface area contributed by atoms with E-state index in [0.29, 0.717) is 11.4 Å². The van der Waals surface area contributed by atoms with Crippen LogP contribution < -0.4 is 10.1 Å². The Labute approximate surface area is 94.6 Å². The van der Waals surface area contributed by atoms with Crippen LogP contribution in [-0.4, -0.2) is 26.4 Å². The Morgan fingerprint density at radius 1 is 1.38 bits per heavy atom. The summed E-state index contributed by atoms with van der Waals surface area (Å²) in [7, 11) is 1.57. The van der Waals surface area contributed by atoms with Crippen molar-refractivity contribution >= 4 is 5.69 Å². The average molecular weight is 225 g/mol. The van der Waals surface area contributed by atoms with Crippen molar-refractivity contribution < 1.29 is 13.9 Å². The van der Waals surface area contributed by atoms with Crippen LogP contribution in [0.3, 0.4) is 0 Å². The summed E-state index contributed by atoms with van der Waals surface area (Å²) in [5.41, 5.74) is 0.506. The Balaban J connectivity index is 2.06. The second-order valence-electron chi connectivity index (χ2n) is 3.88. The van der Waals surface area contributed by atoms with Gasteiger partial charge in [-0.15, -0.1) is 0 Å². The molecule has 16 heavy (non-hydrogen) atoms. The lowest BCUT2D eigenvalue weighted by Gasteiger charge is -2.24. The number of hydrogen-bond donors (Lipinski definition) is 1. The fourth-order valence-corrected chi connectivity index (χ4v) is 1.80. The van der Waals surface area contributed by atoms with Crippen molar-refractivity contribution in [3.63, 3.8) is 0 Å². The highest BCUT2D eigenvalue weighted by atomic mass is 19.1. The first kappa shape index (κ1) is 11.2. The summed E-state index contributed by atoms with van der Waals surface area (Å²) in [6.45, 7) is 1.48. The standard InChI is InChI=1S/C12H16FNO2/c1-15-10-2-3-11(13)12(8-10)14-9-4-6-16-7-5-9/h2-3,8-9,14H,4-7H2,1H3. The van der Waals surface area contributed by atoms with Gasteiger partial charge in [-0.1, -0.05) is 0 Å². The summed E-state index contributed by atoms with van der Waals surface area (Å²) in [5, 5.41) is 3.19. The quantitative estimate of drug-likeness (QED) is 0.857. The zero-order valence-electron chi connectivity index (χ0n) is 9.33. The second kappa shape index (κ2) is 5.16. The molecule has 1 saturated heterocycles. The number of benzene rings is 1. The first-order valence-electron chi connectivity index (χ1n) is 5.47. The van der Waals surface area contributed by atoms with Crippen molar-refractivity contribution in [3.8, 4) is 5.75 Å². The molecule has 4 heteroatoms. The third-order valence-corrected chi connectivity index (χ3v) is 2.75. The van der Waals surface area contributed by atoms with Gasteiger partial charge in [-0.3, -0.25) is 0 Å². The van der Waals surface area contributed by atoms with Crippen LogP contribution in [0, 0.1) is 5.82 Å². The molecular formula is C12H16FNO2. The second-order valence-corrected chi connectivity index (χ2v) is 3.88. The van der Waals surface area contributed by atoms with Gasteiger partial charge in [-0.2, -0.15) is 0 Å². The smallest absolute Gasteiger partial charge is 0.146 e. The van der Waals surface area contributed by atoms with Gasteiger partial charge in [-0.25, -0.2) is 4.39 Å². The van der Waals surface area contributed by atoms with Crippen molar-refractivity contribution in [2.75, 3.05) is 25.6 Å². The molecule has 1 fully saturated rings. The zero-order chi connectivity index (χ0) is 11.4. The lowest BCUT2D eigenvalue weighted by atomic mass is 10.1. The Morgan fingerprint density at radius 2 is 2.12 bits per heavy atom. The largest absolute Gasteiger partial charge is 0.497 e. The van der Waals surface area contributed by atoms with Crippen LogP contribution >= 0.6 is 0 Å². The number of ether oxygens (including phenoxy) is 2. The summed E-state index contributed by atoms with van der Waals surface area (Å²) in [6, 6.07) is 5.01. The minimum Gasteiger partial charge on any atom is -0.497 e. The zero-order valence-corrected chi connectivity index (χ0v) is 9.33. The maximum absolute atomic E-state index is 13.5. The van der Waals surface area contributed by atoms with E-state index < -0.39 is 0 Å². The highest BCUT2D eigenvalue weighted by Gasteiger charge is 2.15. The van der Waals surface area contributed by atoms with Crippen LogP contribution in [0.1, 0.15) is 12.8 Å². The van der Waals surface area contributed by atoms with E-state index in [4.69, 9.17) is 9.47 Å². The first-order chi connectivity index (χ1) is 7.79. The molecule has 1 heterocycles. The SMILES string of the molecule is COc1ccc(F)c(NC2CCOCC2)c1. The number of halogens is 1. The Bertz CT molecular complexity index is 351. The maximum Gasteiger partial charge on any atom is 0.146 e. The molecule has 0 saturated carbocycles. The summed E-state index contributed by atoms with van der Waals surface area (Å²) >= 11 is 0. The first-order valence-corrected chi connectivity index (χ1v) is 5.47. The number of methoxy groups -OCH3 is 1. The van der Waals surface area contributed by atoms with Gasteiger partial charge in [0, 0.05) is 25.3 Å². The van der Waals surface area contributed by atoms with Gasteiger partial charge >= 0.3 is 0 Å². The molecule has 0 unspecified atom stereocenters. The van der Waals surface area contributed by atoms with Gasteiger partial charge in [0.25, 0.3) is 0 Å². The average Bonchev–Trinajstić information content (AvgIpc) is 2.33. The third kappa shape index (κ3) is 2.64. The minimum atomic E-state index is -0.243. The lowest BCUT2D eigenvalue weighted by molar-refractivity contribution is 0.0904. The van der Waals surface area contributed by atoms with Crippen LogP contribution in [0.2, 0.25) is 0 Å². The lowest BCUT2D eigenvalue weighted by Crippen LogP contribution is -2.28. The molecule has 1 N–H and O–H groups in total. The molecule has 1 aromatic rings. The topological polar surface area (TPSA) is 30.5 Å².